The van der Waals surface area contributed by atoms with E-state index in [4.69, 9.17) is 10.7 Å². The Morgan fingerprint density at radius 2 is 2.21 bits per heavy atom. The van der Waals surface area contributed by atoms with Gasteiger partial charge < -0.3 is 10.6 Å². The molecule has 5 heteroatoms. The Hall–Kier alpha value is -0.910. The van der Waals surface area contributed by atoms with E-state index in [9.17, 15) is 0 Å². The summed E-state index contributed by atoms with van der Waals surface area (Å²) < 4.78 is 0. The third-order valence-corrected chi connectivity index (χ3v) is 5.19. The van der Waals surface area contributed by atoms with Gasteiger partial charge in [-0.1, -0.05) is 19.9 Å². The van der Waals surface area contributed by atoms with Crippen LogP contribution in [0.25, 0.3) is 0 Å². The van der Waals surface area contributed by atoms with Crippen molar-refractivity contribution in [1.29, 1.82) is 0 Å². The fourth-order valence-corrected chi connectivity index (χ4v) is 3.72. The maximum atomic E-state index is 5.81. The minimum absolute atomic E-state index is 0.439. The molecule has 0 atom stereocenters. The van der Waals surface area contributed by atoms with Crippen LogP contribution in [0.5, 0.6) is 0 Å². The largest absolute Gasteiger partial charge is 0.351 e. The van der Waals surface area contributed by atoms with Crippen LogP contribution in [0.15, 0.2) is 17.5 Å². The lowest BCUT2D eigenvalue weighted by molar-refractivity contribution is 0.803. The molecular weight excluding hydrogens is 274 g/mol. The number of thiazole rings is 1. The third-order valence-electron chi connectivity index (χ3n) is 3.05. The maximum absolute atomic E-state index is 5.81. The lowest BCUT2D eigenvalue weighted by Crippen LogP contribution is -2.19. The molecule has 0 aliphatic carbocycles. The number of anilines is 1. The smallest absolute Gasteiger partial charge is 0.185 e. The van der Waals surface area contributed by atoms with Crippen LogP contribution >= 0.6 is 22.7 Å². The number of hydrogen-bond acceptors (Lipinski definition) is 5. The zero-order valence-corrected chi connectivity index (χ0v) is 13.4. The molecule has 104 valence electrons. The molecule has 0 amide bonds. The van der Waals surface area contributed by atoms with Crippen LogP contribution in [0.4, 0.5) is 5.13 Å². The van der Waals surface area contributed by atoms with Gasteiger partial charge in [0.05, 0.1) is 5.69 Å². The van der Waals surface area contributed by atoms with Gasteiger partial charge in [0.25, 0.3) is 0 Å². The van der Waals surface area contributed by atoms with Gasteiger partial charge in [0.15, 0.2) is 5.13 Å². The van der Waals surface area contributed by atoms with Crippen molar-refractivity contribution >= 4 is 27.8 Å². The van der Waals surface area contributed by atoms with Crippen LogP contribution in [-0.4, -0.2) is 18.6 Å². The van der Waals surface area contributed by atoms with E-state index in [0.29, 0.717) is 12.5 Å². The Morgan fingerprint density at radius 1 is 1.42 bits per heavy atom. The van der Waals surface area contributed by atoms with E-state index in [0.717, 1.165) is 23.8 Å². The van der Waals surface area contributed by atoms with E-state index in [2.05, 4.69) is 43.3 Å². The van der Waals surface area contributed by atoms with Gasteiger partial charge in [-0.25, -0.2) is 4.98 Å². The second-order valence-corrected chi connectivity index (χ2v) is 7.01. The van der Waals surface area contributed by atoms with Crippen molar-refractivity contribution in [3.8, 4) is 0 Å². The predicted molar refractivity (Wildman–Crippen MR) is 85.4 cm³/mol. The molecule has 0 bridgehead atoms. The number of nitrogens with zero attached hydrogens (tertiary/aromatic N) is 2. The number of thiophene rings is 1. The Morgan fingerprint density at radius 3 is 2.74 bits per heavy atom. The molecule has 0 aliphatic rings. The standard InChI is InChI=1S/C14H21N3S2/c1-10(2)13-12(9-15)19-14(16-13)17(3)7-6-11-5-4-8-18-11/h4-5,8,10H,6-7,9,15H2,1-3H3. The van der Waals surface area contributed by atoms with E-state index < -0.39 is 0 Å². The van der Waals surface area contributed by atoms with Crippen LogP contribution < -0.4 is 10.6 Å². The van der Waals surface area contributed by atoms with Crippen molar-refractivity contribution in [3.05, 3.63) is 33.0 Å². The van der Waals surface area contributed by atoms with Crippen LogP contribution in [-0.2, 0) is 13.0 Å². The molecule has 19 heavy (non-hydrogen) atoms. The topological polar surface area (TPSA) is 42.2 Å². The fourth-order valence-electron chi connectivity index (χ4n) is 1.94. The summed E-state index contributed by atoms with van der Waals surface area (Å²) in [5.41, 5.74) is 6.96. The minimum Gasteiger partial charge on any atom is -0.351 e. The maximum Gasteiger partial charge on any atom is 0.185 e. The Balaban J connectivity index is 2.04. The molecule has 0 aromatic carbocycles. The summed E-state index contributed by atoms with van der Waals surface area (Å²) in [6.07, 6.45) is 1.07. The number of hydrogen-bond donors (Lipinski definition) is 1. The van der Waals surface area contributed by atoms with Crippen molar-refractivity contribution in [2.45, 2.75) is 32.7 Å². The number of aromatic nitrogens is 1. The average molecular weight is 295 g/mol. The van der Waals surface area contributed by atoms with Gasteiger partial charge in [0, 0.05) is 29.9 Å². The van der Waals surface area contributed by atoms with E-state index >= 15 is 0 Å². The van der Waals surface area contributed by atoms with Crippen molar-refractivity contribution in [1.82, 2.24) is 4.98 Å². The lowest BCUT2D eigenvalue weighted by atomic mass is 10.1. The molecule has 0 spiro atoms. The van der Waals surface area contributed by atoms with Crippen LogP contribution in [0.1, 0.15) is 35.2 Å². The summed E-state index contributed by atoms with van der Waals surface area (Å²) in [7, 11) is 2.11. The van der Waals surface area contributed by atoms with Crippen LogP contribution in [0, 0.1) is 0 Å². The van der Waals surface area contributed by atoms with Crippen molar-refractivity contribution in [2.24, 2.45) is 5.73 Å². The molecule has 2 aromatic rings. The zero-order chi connectivity index (χ0) is 13.8. The molecule has 2 heterocycles. The lowest BCUT2D eigenvalue weighted by Gasteiger charge is -2.14. The quantitative estimate of drug-likeness (QED) is 0.887. The molecule has 0 fully saturated rings. The molecule has 2 rings (SSSR count). The molecule has 0 radical (unpaired) electrons. The summed E-state index contributed by atoms with van der Waals surface area (Å²) in [4.78, 5) is 9.62. The second kappa shape index (κ2) is 6.50. The van der Waals surface area contributed by atoms with Crippen molar-refractivity contribution in [2.75, 3.05) is 18.5 Å². The Labute approximate surface area is 123 Å². The van der Waals surface area contributed by atoms with Gasteiger partial charge in [-0.3, -0.25) is 0 Å². The fraction of sp³-hybridized carbons (Fsp3) is 0.500. The first-order chi connectivity index (χ1) is 9.11. The highest BCUT2D eigenvalue weighted by Gasteiger charge is 2.15. The number of likely N-dealkylation sites (N-methyl/N-ethyl adjacent to an activating group) is 1. The van der Waals surface area contributed by atoms with Gasteiger partial charge in [0.1, 0.15) is 0 Å². The SMILES string of the molecule is CC(C)c1nc(N(C)CCc2cccs2)sc1CN. The first-order valence-electron chi connectivity index (χ1n) is 6.55. The third kappa shape index (κ3) is 3.55. The molecule has 0 saturated carbocycles. The minimum atomic E-state index is 0.439. The van der Waals surface area contributed by atoms with Gasteiger partial charge >= 0.3 is 0 Å². The predicted octanol–water partition coefficient (Wildman–Crippen LogP) is 3.47. The van der Waals surface area contributed by atoms with Gasteiger partial charge in [0.2, 0.25) is 0 Å². The zero-order valence-electron chi connectivity index (χ0n) is 11.7. The molecule has 0 saturated heterocycles. The molecule has 2 N–H and O–H groups in total. The molecule has 0 aliphatic heterocycles. The van der Waals surface area contributed by atoms with Crippen molar-refractivity contribution < 1.29 is 0 Å². The van der Waals surface area contributed by atoms with Crippen LogP contribution in [0.2, 0.25) is 0 Å². The monoisotopic (exact) mass is 295 g/mol. The molecule has 0 unspecified atom stereocenters. The highest BCUT2D eigenvalue weighted by molar-refractivity contribution is 7.15. The summed E-state index contributed by atoms with van der Waals surface area (Å²) in [5, 5.41) is 3.21. The van der Waals surface area contributed by atoms with Gasteiger partial charge in [-0.2, -0.15) is 0 Å². The Bertz CT molecular complexity index is 503. The summed E-state index contributed by atoms with van der Waals surface area (Å²) in [6.45, 7) is 5.92. The molecular formula is C14H21N3S2. The summed E-state index contributed by atoms with van der Waals surface area (Å²) >= 11 is 3.54. The average Bonchev–Trinajstić information content (AvgIpc) is 3.04. The number of nitrogens with two attached hydrogens (primary N) is 1. The van der Waals surface area contributed by atoms with Gasteiger partial charge in [-0.15, -0.1) is 22.7 Å². The summed E-state index contributed by atoms with van der Waals surface area (Å²) in [6, 6.07) is 4.29. The van der Waals surface area contributed by atoms with E-state index in [1.54, 1.807) is 11.3 Å². The molecule has 2 aromatic heterocycles. The van der Waals surface area contributed by atoms with E-state index in [1.807, 2.05) is 11.3 Å². The second-order valence-electron chi connectivity index (χ2n) is 4.91. The van der Waals surface area contributed by atoms with E-state index in [1.165, 1.54) is 9.75 Å². The van der Waals surface area contributed by atoms with Gasteiger partial charge in [-0.05, 0) is 23.8 Å². The summed E-state index contributed by atoms with van der Waals surface area (Å²) in [5.74, 6) is 0.439. The Kier molecular flexibility index (Phi) is 4.96. The normalized spacial score (nSPS) is 11.2. The van der Waals surface area contributed by atoms with Crippen molar-refractivity contribution in [3.63, 3.8) is 0 Å². The van der Waals surface area contributed by atoms with E-state index in [-0.39, 0.29) is 0 Å². The first kappa shape index (κ1) is 14.5. The highest BCUT2D eigenvalue weighted by Crippen LogP contribution is 2.30. The molecule has 3 nitrogen and oxygen atoms in total. The first-order valence-corrected chi connectivity index (χ1v) is 8.24. The number of rotatable bonds is 6. The van der Waals surface area contributed by atoms with Crippen LogP contribution in [0.3, 0.4) is 0 Å². The highest BCUT2D eigenvalue weighted by atomic mass is 32.1.